The standard InChI is InChI=1S/C20H16FN3OS/c21-17-2-1-3-18-16(17)10-19(26-18)20(25)23-11-14-4-6-15(7-5-14)12-24-9-8-22-13-24/h1-10,13H,11-12H2,(H,23,25). The molecule has 0 unspecified atom stereocenters. The van der Waals surface area contributed by atoms with Gasteiger partial charge in [0.1, 0.15) is 5.82 Å². The molecule has 0 aliphatic carbocycles. The zero-order valence-electron chi connectivity index (χ0n) is 13.9. The van der Waals surface area contributed by atoms with Crippen LogP contribution in [0.25, 0.3) is 10.1 Å². The highest BCUT2D eigenvalue weighted by atomic mass is 32.1. The third-order valence-electron chi connectivity index (χ3n) is 4.13. The van der Waals surface area contributed by atoms with E-state index < -0.39 is 0 Å². The first kappa shape index (κ1) is 16.5. The zero-order valence-corrected chi connectivity index (χ0v) is 14.7. The van der Waals surface area contributed by atoms with Crippen molar-refractivity contribution in [2.75, 3.05) is 0 Å². The average Bonchev–Trinajstić information content (AvgIpc) is 3.31. The van der Waals surface area contributed by atoms with E-state index in [-0.39, 0.29) is 11.7 Å². The number of thiophene rings is 1. The second kappa shape index (κ2) is 7.09. The van der Waals surface area contributed by atoms with Gasteiger partial charge in [-0.15, -0.1) is 11.3 Å². The van der Waals surface area contributed by atoms with Gasteiger partial charge < -0.3 is 9.88 Å². The van der Waals surface area contributed by atoms with Crippen LogP contribution in [0.4, 0.5) is 4.39 Å². The average molecular weight is 365 g/mol. The molecule has 0 bridgehead atoms. The molecule has 2 heterocycles. The van der Waals surface area contributed by atoms with Gasteiger partial charge in [0.2, 0.25) is 0 Å². The van der Waals surface area contributed by atoms with Crippen molar-refractivity contribution in [3.05, 3.63) is 89.1 Å². The largest absolute Gasteiger partial charge is 0.347 e. The lowest BCUT2D eigenvalue weighted by molar-refractivity contribution is 0.0955. The van der Waals surface area contributed by atoms with Gasteiger partial charge in [0.05, 0.1) is 11.2 Å². The van der Waals surface area contributed by atoms with E-state index in [4.69, 9.17) is 0 Å². The number of carbonyl (C=O) groups excluding carboxylic acids is 1. The molecule has 6 heteroatoms. The van der Waals surface area contributed by atoms with Crippen molar-refractivity contribution in [1.82, 2.24) is 14.9 Å². The van der Waals surface area contributed by atoms with Crippen LogP contribution in [0.1, 0.15) is 20.8 Å². The summed E-state index contributed by atoms with van der Waals surface area (Å²) in [5, 5.41) is 3.39. The highest BCUT2D eigenvalue weighted by Crippen LogP contribution is 2.27. The molecule has 0 fully saturated rings. The minimum absolute atomic E-state index is 0.187. The molecule has 2 aromatic carbocycles. The van der Waals surface area contributed by atoms with E-state index in [0.717, 1.165) is 22.4 Å². The van der Waals surface area contributed by atoms with Crippen LogP contribution in [0.3, 0.4) is 0 Å². The van der Waals surface area contributed by atoms with Crippen LogP contribution >= 0.6 is 11.3 Å². The molecular formula is C20H16FN3OS. The molecule has 2 aromatic heterocycles. The van der Waals surface area contributed by atoms with E-state index in [2.05, 4.69) is 10.3 Å². The lowest BCUT2D eigenvalue weighted by Gasteiger charge is -2.06. The monoisotopic (exact) mass is 365 g/mol. The first-order valence-electron chi connectivity index (χ1n) is 8.19. The van der Waals surface area contributed by atoms with Crippen molar-refractivity contribution >= 4 is 27.3 Å². The number of benzene rings is 2. The number of fused-ring (bicyclic) bond motifs is 1. The Morgan fingerprint density at radius 1 is 1.15 bits per heavy atom. The van der Waals surface area contributed by atoms with Crippen molar-refractivity contribution in [3.63, 3.8) is 0 Å². The van der Waals surface area contributed by atoms with E-state index in [0.29, 0.717) is 16.8 Å². The quantitative estimate of drug-likeness (QED) is 0.576. The Morgan fingerprint density at radius 2 is 1.96 bits per heavy atom. The Hall–Kier alpha value is -2.99. The normalized spacial score (nSPS) is 11.0. The van der Waals surface area contributed by atoms with Gasteiger partial charge in [0.15, 0.2) is 0 Å². The van der Waals surface area contributed by atoms with Gasteiger partial charge in [0.25, 0.3) is 5.91 Å². The predicted octanol–water partition coefficient (Wildman–Crippen LogP) is 4.22. The van der Waals surface area contributed by atoms with Crippen LogP contribution < -0.4 is 5.32 Å². The minimum Gasteiger partial charge on any atom is -0.347 e. The van der Waals surface area contributed by atoms with Crippen molar-refractivity contribution < 1.29 is 9.18 Å². The second-order valence-corrected chi connectivity index (χ2v) is 7.08. The summed E-state index contributed by atoms with van der Waals surface area (Å²) in [6, 6.07) is 14.6. The molecule has 4 rings (SSSR count). The van der Waals surface area contributed by atoms with Crippen LogP contribution in [0, 0.1) is 5.82 Å². The molecule has 1 amide bonds. The summed E-state index contributed by atoms with van der Waals surface area (Å²) in [4.78, 5) is 16.9. The smallest absolute Gasteiger partial charge is 0.261 e. The molecular weight excluding hydrogens is 349 g/mol. The molecule has 4 aromatic rings. The summed E-state index contributed by atoms with van der Waals surface area (Å²) < 4.78 is 16.5. The summed E-state index contributed by atoms with van der Waals surface area (Å²) in [6.07, 6.45) is 5.45. The van der Waals surface area contributed by atoms with E-state index in [9.17, 15) is 9.18 Å². The van der Waals surface area contributed by atoms with Gasteiger partial charge >= 0.3 is 0 Å². The molecule has 0 aliphatic heterocycles. The number of hydrogen-bond acceptors (Lipinski definition) is 3. The third-order valence-corrected chi connectivity index (χ3v) is 5.23. The Balaban J connectivity index is 1.39. The molecule has 0 atom stereocenters. The fourth-order valence-corrected chi connectivity index (χ4v) is 3.75. The number of aromatic nitrogens is 2. The molecule has 0 spiro atoms. The summed E-state index contributed by atoms with van der Waals surface area (Å²) in [6.45, 7) is 1.20. The molecule has 130 valence electrons. The summed E-state index contributed by atoms with van der Waals surface area (Å²) in [7, 11) is 0. The zero-order chi connectivity index (χ0) is 17.9. The lowest BCUT2D eigenvalue weighted by atomic mass is 10.1. The maximum absolute atomic E-state index is 13.8. The van der Waals surface area contributed by atoms with E-state index in [1.807, 2.05) is 41.1 Å². The number of rotatable bonds is 5. The van der Waals surface area contributed by atoms with Gasteiger partial charge in [-0.3, -0.25) is 4.79 Å². The number of nitrogens with one attached hydrogen (secondary N) is 1. The maximum Gasteiger partial charge on any atom is 0.261 e. The summed E-state index contributed by atoms with van der Waals surface area (Å²) in [5.74, 6) is -0.487. The Morgan fingerprint density at radius 3 is 2.69 bits per heavy atom. The topological polar surface area (TPSA) is 46.9 Å². The first-order valence-corrected chi connectivity index (χ1v) is 9.00. The number of halogens is 1. The van der Waals surface area contributed by atoms with Crippen molar-refractivity contribution in [2.24, 2.45) is 0 Å². The third kappa shape index (κ3) is 3.50. The van der Waals surface area contributed by atoms with Gasteiger partial charge in [0, 0.05) is 35.6 Å². The minimum atomic E-state index is -0.300. The van der Waals surface area contributed by atoms with Crippen molar-refractivity contribution in [1.29, 1.82) is 0 Å². The van der Waals surface area contributed by atoms with E-state index >= 15 is 0 Å². The van der Waals surface area contributed by atoms with Gasteiger partial charge in [-0.1, -0.05) is 30.3 Å². The number of nitrogens with zero attached hydrogens (tertiary/aromatic N) is 2. The molecule has 0 saturated carbocycles. The highest BCUT2D eigenvalue weighted by molar-refractivity contribution is 7.20. The summed E-state index contributed by atoms with van der Waals surface area (Å²) in [5.41, 5.74) is 2.18. The van der Waals surface area contributed by atoms with Gasteiger partial charge in [-0.2, -0.15) is 0 Å². The predicted molar refractivity (Wildman–Crippen MR) is 101 cm³/mol. The second-order valence-electron chi connectivity index (χ2n) is 6.00. The Bertz CT molecular complexity index is 1040. The van der Waals surface area contributed by atoms with E-state index in [1.54, 1.807) is 24.7 Å². The van der Waals surface area contributed by atoms with Gasteiger partial charge in [-0.05, 0) is 29.3 Å². The number of carbonyl (C=O) groups is 1. The first-order chi connectivity index (χ1) is 12.7. The fraction of sp³-hybridized carbons (Fsp3) is 0.100. The van der Waals surface area contributed by atoms with Crippen LogP contribution in [-0.4, -0.2) is 15.5 Å². The SMILES string of the molecule is O=C(NCc1ccc(Cn2ccnc2)cc1)c1cc2c(F)cccc2s1. The van der Waals surface area contributed by atoms with E-state index in [1.165, 1.54) is 17.4 Å². The molecule has 4 nitrogen and oxygen atoms in total. The number of imidazole rings is 1. The molecule has 0 aliphatic rings. The van der Waals surface area contributed by atoms with Crippen LogP contribution in [0.15, 0.2) is 67.3 Å². The molecule has 26 heavy (non-hydrogen) atoms. The fourth-order valence-electron chi connectivity index (χ4n) is 2.76. The highest BCUT2D eigenvalue weighted by Gasteiger charge is 2.12. The lowest BCUT2D eigenvalue weighted by Crippen LogP contribution is -2.21. The van der Waals surface area contributed by atoms with Crippen molar-refractivity contribution in [3.8, 4) is 0 Å². The Labute approximate surface area is 153 Å². The molecule has 0 saturated heterocycles. The molecule has 0 radical (unpaired) electrons. The summed E-state index contributed by atoms with van der Waals surface area (Å²) >= 11 is 1.30. The number of hydrogen-bond donors (Lipinski definition) is 1. The van der Waals surface area contributed by atoms with Crippen molar-refractivity contribution in [2.45, 2.75) is 13.1 Å². The van der Waals surface area contributed by atoms with Crippen LogP contribution in [0.2, 0.25) is 0 Å². The van der Waals surface area contributed by atoms with Crippen LogP contribution in [0.5, 0.6) is 0 Å². The Kier molecular flexibility index (Phi) is 4.50. The van der Waals surface area contributed by atoms with Crippen LogP contribution in [-0.2, 0) is 13.1 Å². The van der Waals surface area contributed by atoms with Gasteiger partial charge in [-0.25, -0.2) is 9.37 Å². The molecule has 1 N–H and O–H groups in total. The maximum atomic E-state index is 13.8. The number of amides is 1.